The third-order valence-corrected chi connectivity index (χ3v) is 4.02. The van der Waals surface area contributed by atoms with Crippen LogP contribution in [0, 0.1) is 5.92 Å². The van der Waals surface area contributed by atoms with Crippen LogP contribution in [-0.2, 0) is 4.79 Å². The maximum absolute atomic E-state index is 11.6. The third-order valence-electron chi connectivity index (χ3n) is 2.95. The molecule has 5 heteroatoms. The Morgan fingerprint density at radius 1 is 1.35 bits per heavy atom. The second kappa shape index (κ2) is 9.74. The summed E-state index contributed by atoms with van der Waals surface area (Å²) in [4.78, 5) is 11.6. The van der Waals surface area contributed by atoms with Gasteiger partial charge >= 0.3 is 0 Å². The number of nitrogens with one attached hydrogen (secondary N) is 2. The quantitative estimate of drug-likeness (QED) is 0.560. The van der Waals surface area contributed by atoms with Crippen molar-refractivity contribution in [3.8, 4) is 0 Å². The topological polar surface area (TPSA) is 61.4 Å². The van der Waals surface area contributed by atoms with Gasteiger partial charge in [-0.15, -0.1) is 0 Å². The minimum absolute atomic E-state index is 0.194. The van der Waals surface area contributed by atoms with E-state index in [2.05, 4.69) is 10.6 Å². The summed E-state index contributed by atoms with van der Waals surface area (Å²) >= 11 is 1.78. The number of aliphatic hydroxyl groups is 1. The van der Waals surface area contributed by atoms with E-state index in [1.807, 2.05) is 0 Å². The molecule has 0 aromatic rings. The second-order valence-electron chi connectivity index (χ2n) is 4.44. The fourth-order valence-electron chi connectivity index (χ4n) is 1.95. The molecular formula is C12H24N2O2S. The lowest BCUT2D eigenvalue weighted by Crippen LogP contribution is -2.33. The third kappa shape index (κ3) is 7.63. The van der Waals surface area contributed by atoms with Gasteiger partial charge in [0, 0.05) is 25.3 Å². The smallest absolute Gasteiger partial charge is 0.220 e. The zero-order valence-electron chi connectivity index (χ0n) is 10.4. The Morgan fingerprint density at radius 2 is 2.12 bits per heavy atom. The number of hydrogen-bond acceptors (Lipinski definition) is 4. The Hall–Kier alpha value is -0.260. The fourth-order valence-corrected chi connectivity index (χ4v) is 2.74. The molecule has 4 nitrogen and oxygen atoms in total. The summed E-state index contributed by atoms with van der Waals surface area (Å²) in [6, 6.07) is 0. The van der Waals surface area contributed by atoms with E-state index in [-0.39, 0.29) is 12.5 Å². The van der Waals surface area contributed by atoms with Crippen LogP contribution in [0.15, 0.2) is 0 Å². The maximum Gasteiger partial charge on any atom is 0.220 e. The molecule has 1 heterocycles. The minimum atomic E-state index is 0.194. The van der Waals surface area contributed by atoms with E-state index in [9.17, 15) is 4.79 Å². The molecular weight excluding hydrogens is 236 g/mol. The molecule has 0 saturated carbocycles. The first-order valence-electron chi connectivity index (χ1n) is 6.49. The summed E-state index contributed by atoms with van der Waals surface area (Å²) in [5, 5.41) is 14.9. The van der Waals surface area contributed by atoms with Crippen LogP contribution < -0.4 is 10.6 Å². The van der Waals surface area contributed by atoms with Crippen LogP contribution in [0.2, 0.25) is 0 Å². The van der Waals surface area contributed by atoms with Crippen molar-refractivity contribution < 1.29 is 9.90 Å². The van der Waals surface area contributed by atoms with E-state index in [1.165, 1.54) is 0 Å². The van der Waals surface area contributed by atoms with E-state index in [1.54, 1.807) is 11.8 Å². The van der Waals surface area contributed by atoms with Crippen molar-refractivity contribution in [2.45, 2.75) is 25.7 Å². The fraction of sp³-hybridized carbons (Fsp3) is 0.917. The molecule has 1 saturated heterocycles. The van der Waals surface area contributed by atoms with Gasteiger partial charge in [-0.2, -0.15) is 11.8 Å². The molecule has 1 amide bonds. The Kier molecular flexibility index (Phi) is 8.48. The molecule has 0 aromatic carbocycles. The molecule has 17 heavy (non-hydrogen) atoms. The molecule has 1 fully saturated rings. The number of amides is 1. The molecule has 0 aromatic heterocycles. The molecule has 3 N–H and O–H groups in total. The highest BCUT2D eigenvalue weighted by atomic mass is 32.2. The predicted molar refractivity (Wildman–Crippen MR) is 72.2 cm³/mol. The predicted octanol–water partition coefficient (Wildman–Crippen LogP) is 0.608. The highest BCUT2D eigenvalue weighted by Gasteiger charge is 2.16. The van der Waals surface area contributed by atoms with Gasteiger partial charge in [0.05, 0.1) is 0 Å². The number of thioether (sulfide) groups is 1. The highest BCUT2D eigenvalue weighted by molar-refractivity contribution is 7.99. The lowest BCUT2D eigenvalue weighted by molar-refractivity contribution is -0.122. The van der Waals surface area contributed by atoms with Crippen molar-refractivity contribution in [1.82, 2.24) is 10.6 Å². The minimum Gasteiger partial charge on any atom is -0.396 e. The second-order valence-corrected chi connectivity index (χ2v) is 5.66. The largest absolute Gasteiger partial charge is 0.396 e. The number of hydrogen-bond donors (Lipinski definition) is 3. The van der Waals surface area contributed by atoms with Crippen LogP contribution in [-0.4, -0.2) is 48.8 Å². The molecule has 1 aliphatic rings. The monoisotopic (exact) mass is 260 g/mol. The maximum atomic E-state index is 11.6. The molecule has 0 spiro atoms. The van der Waals surface area contributed by atoms with E-state index >= 15 is 0 Å². The Bertz CT molecular complexity index is 209. The number of carbonyl (C=O) groups excluding carboxylic acids is 1. The van der Waals surface area contributed by atoms with Crippen LogP contribution in [0.25, 0.3) is 0 Å². The van der Waals surface area contributed by atoms with Crippen molar-refractivity contribution >= 4 is 17.7 Å². The van der Waals surface area contributed by atoms with Gasteiger partial charge in [-0.3, -0.25) is 4.79 Å². The first-order chi connectivity index (χ1) is 8.33. The average molecular weight is 260 g/mol. The summed E-state index contributed by atoms with van der Waals surface area (Å²) in [5.74, 6) is 2.68. The summed E-state index contributed by atoms with van der Waals surface area (Å²) in [6.07, 6.45) is 3.77. The van der Waals surface area contributed by atoms with E-state index in [0.717, 1.165) is 50.4 Å². The molecule has 0 atom stereocenters. The van der Waals surface area contributed by atoms with Crippen LogP contribution in [0.3, 0.4) is 0 Å². The average Bonchev–Trinajstić information content (AvgIpc) is 2.35. The number of aliphatic hydroxyl groups excluding tert-OH is 1. The zero-order valence-corrected chi connectivity index (χ0v) is 11.2. The van der Waals surface area contributed by atoms with Gasteiger partial charge < -0.3 is 15.7 Å². The normalized spacial score (nSPS) is 17.0. The summed E-state index contributed by atoms with van der Waals surface area (Å²) < 4.78 is 0. The molecule has 0 unspecified atom stereocenters. The molecule has 0 radical (unpaired) electrons. The van der Waals surface area contributed by atoms with Crippen molar-refractivity contribution in [2.24, 2.45) is 5.92 Å². The lowest BCUT2D eigenvalue weighted by atomic mass is 9.94. The highest BCUT2D eigenvalue weighted by Crippen LogP contribution is 2.15. The zero-order chi connectivity index (χ0) is 12.3. The van der Waals surface area contributed by atoms with Crippen LogP contribution in [0.5, 0.6) is 0 Å². The summed E-state index contributed by atoms with van der Waals surface area (Å²) in [7, 11) is 0. The van der Waals surface area contributed by atoms with Gasteiger partial charge in [0.1, 0.15) is 0 Å². The van der Waals surface area contributed by atoms with Gasteiger partial charge in [-0.05, 0) is 44.0 Å². The van der Waals surface area contributed by atoms with E-state index < -0.39 is 0 Å². The lowest BCUT2D eigenvalue weighted by Gasteiger charge is -2.21. The first-order valence-corrected chi connectivity index (χ1v) is 7.64. The van der Waals surface area contributed by atoms with E-state index in [0.29, 0.717) is 12.3 Å². The molecule has 1 rings (SSSR count). The SMILES string of the molecule is O=C(CC1CCNCC1)NCCSCCCO. The number of piperidine rings is 1. The summed E-state index contributed by atoms with van der Waals surface area (Å²) in [6.45, 7) is 3.11. The van der Waals surface area contributed by atoms with Crippen molar-refractivity contribution in [1.29, 1.82) is 0 Å². The summed E-state index contributed by atoms with van der Waals surface area (Å²) in [5.41, 5.74) is 0. The van der Waals surface area contributed by atoms with Crippen LogP contribution >= 0.6 is 11.8 Å². The van der Waals surface area contributed by atoms with Crippen LogP contribution in [0.1, 0.15) is 25.7 Å². The van der Waals surface area contributed by atoms with Gasteiger partial charge in [0.25, 0.3) is 0 Å². The standard InChI is InChI=1S/C12H24N2O2S/c15-7-1-8-17-9-6-14-12(16)10-11-2-4-13-5-3-11/h11,13,15H,1-10H2,(H,14,16). The number of rotatable bonds is 8. The van der Waals surface area contributed by atoms with Crippen molar-refractivity contribution in [2.75, 3.05) is 37.7 Å². The Morgan fingerprint density at radius 3 is 2.82 bits per heavy atom. The van der Waals surface area contributed by atoms with Crippen molar-refractivity contribution in [3.63, 3.8) is 0 Å². The van der Waals surface area contributed by atoms with E-state index in [4.69, 9.17) is 5.11 Å². The van der Waals surface area contributed by atoms with Crippen LogP contribution in [0.4, 0.5) is 0 Å². The van der Waals surface area contributed by atoms with Crippen molar-refractivity contribution in [3.05, 3.63) is 0 Å². The molecule has 0 bridgehead atoms. The van der Waals surface area contributed by atoms with Gasteiger partial charge in [-0.1, -0.05) is 0 Å². The van der Waals surface area contributed by atoms with Gasteiger partial charge in [0.15, 0.2) is 0 Å². The molecule has 100 valence electrons. The molecule has 0 aliphatic carbocycles. The Balaban J connectivity index is 1.93. The first kappa shape index (κ1) is 14.8. The Labute approximate surface area is 108 Å². The van der Waals surface area contributed by atoms with Gasteiger partial charge in [0.2, 0.25) is 5.91 Å². The molecule has 1 aliphatic heterocycles. The number of carbonyl (C=O) groups is 1. The van der Waals surface area contributed by atoms with Gasteiger partial charge in [-0.25, -0.2) is 0 Å².